The van der Waals surface area contributed by atoms with Gasteiger partial charge in [-0.25, -0.2) is 0 Å². The molecule has 2 rings (SSSR count). The zero-order valence-electron chi connectivity index (χ0n) is 10.1. The van der Waals surface area contributed by atoms with Gasteiger partial charge in [0.05, 0.1) is 12.8 Å². The van der Waals surface area contributed by atoms with Crippen molar-refractivity contribution in [2.45, 2.75) is 25.4 Å². The molecule has 1 aromatic rings. The lowest BCUT2D eigenvalue weighted by Crippen LogP contribution is -2.36. The molecule has 1 atom stereocenters. The van der Waals surface area contributed by atoms with Gasteiger partial charge < -0.3 is 14.8 Å². The molecule has 1 aromatic carbocycles. The summed E-state index contributed by atoms with van der Waals surface area (Å²) in [5.41, 5.74) is 0.687. The number of benzene rings is 1. The summed E-state index contributed by atoms with van der Waals surface area (Å²) < 4.78 is 10.1. The fraction of sp³-hybridized carbons (Fsp3) is 0.385. The minimum absolute atomic E-state index is 0.168. The third kappa shape index (κ3) is 2.80. The maximum Gasteiger partial charge on any atom is 0.305 e. The number of methoxy groups -OCH3 is 1. The molecule has 1 N–H and O–H groups in total. The summed E-state index contributed by atoms with van der Waals surface area (Å²) in [5.74, 6) is 0.227. The number of carbonyl (C=O) groups excluding carboxylic acids is 2. The van der Waals surface area contributed by atoms with Crippen LogP contribution in [0.1, 0.15) is 19.3 Å². The lowest BCUT2D eigenvalue weighted by molar-refractivity contribution is -0.141. The first kappa shape index (κ1) is 12.4. The number of amides is 1. The molecule has 1 aliphatic heterocycles. The molecule has 0 bridgehead atoms. The van der Waals surface area contributed by atoms with Gasteiger partial charge in [-0.3, -0.25) is 9.59 Å². The largest absolute Gasteiger partial charge is 0.478 e. The second-order valence-corrected chi connectivity index (χ2v) is 4.06. The highest BCUT2D eigenvalue weighted by Crippen LogP contribution is 2.29. The fourth-order valence-electron chi connectivity index (χ4n) is 1.82. The van der Waals surface area contributed by atoms with E-state index in [1.807, 2.05) is 18.2 Å². The second-order valence-electron chi connectivity index (χ2n) is 4.06. The molecule has 5 heteroatoms. The smallest absolute Gasteiger partial charge is 0.305 e. The number of hydrogen-bond donors (Lipinski definition) is 1. The number of para-hydroxylation sites is 2. The molecule has 0 saturated carbocycles. The Balaban J connectivity index is 1.91. The van der Waals surface area contributed by atoms with Crippen LogP contribution >= 0.6 is 0 Å². The van der Waals surface area contributed by atoms with E-state index in [0.717, 1.165) is 0 Å². The van der Waals surface area contributed by atoms with E-state index in [4.69, 9.17) is 4.74 Å². The predicted molar refractivity (Wildman–Crippen MR) is 65.4 cm³/mol. The number of nitrogens with one attached hydrogen (secondary N) is 1. The van der Waals surface area contributed by atoms with E-state index in [1.165, 1.54) is 7.11 Å². The van der Waals surface area contributed by atoms with Crippen LogP contribution in [0.25, 0.3) is 0 Å². The number of fused-ring (bicyclic) bond motifs is 1. The van der Waals surface area contributed by atoms with E-state index in [9.17, 15) is 9.59 Å². The number of rotatable bonds is 4. The number of esters is 1. The molecular weight excluding hydrogens is 234 g/mol. The van der Waals surface area contributed by atoms with E-state index >= 15 is 0 Å². The Morgan fingerprint density at radius 2 is 2.22 bits per heavy atom. The van der Waals surface area contributed by atoms with Crippen molar-refractivity contribution < 1.29 is 19.1 Å². The average Bonchev–Trinajstić information content (AvgIpc) is 2.39. The SMILES string of the molecule is COC(=O)CCCC1Oc2ccccc2NC1=O. The third-order valence-electron chi connectivity index (χ3n) is 2.78. The van der Waals surface area contributed by atoms with Crippen LogP contribution in [0.5, 0.6) is 5.75 Å². The normalized spacial score (nSPS) is 17.4. The van der Waals surface area contributed by atoms with Crippen LogP contribution in [0.3, 0.4) is 0 Å². The second kappa shape index (κ2) is 5.53. The van der Waals surface area contributed by atoms with Gasteiger partial charge in [0.2, 0.25) is 0 Å². The summed E-state index contributed by atoms with van der Waals surface area (Å²) in [7, 11) is 1.35. The molecule has 1 unspecified atom stereocenters. The van der Waals surface area contributed by atoms with Crippen LogP contribution in [0.2, 0.25) is 0 Å². The van der Waals surface area contributed by atoms with E-state index in [0.29, 0.717) is 30.7 Å². The van der Waals surface area contributed by atoms with Gasteiger partial charge in [0.1, 0.15) is 5.75 Å². The third-order valence-corrected chi connectivity index (χ3v) is 2.78. The highest BCUT2D eigenvalue weighted by molar-refractivity contribution is 5.97. The van der Waals surface area contributed by atoms with Crippen molar-refractivity contribution in [2.24, 2.45) is 0 Å². The summed E-state index contributed by atoms with van der Waals surface area (Å²) in [6.07, 6.45) is 0.817. The fourth-order valence-corrected chi connectivity index (χ4v) is 1.82. The molecule has 1 aliphatic rings. The quantitative estimate of drug-likeness (QED) is 0.825. The summed E-state index contributed by atoms with van der Waals surface area (Å²) >= 11 is 0. The maximum atomic E-state index is 11.7. The Labute approximate surface area is 105 Å². The van der Waals surface area contributed by atoms with Crippen molar-refractivity contribution in [1.29, 1.82) is 0 Å². The van der Waals surface area contributed by atoms with Gasteiger partial charge in [-0.2, -0.15) is 0 Å². The van der Waals surface area contributed by atoms with Crippen LogP contribution < -0.4 is 10.1 Å². The Morgan fingerprint density at radius 3 is 3.00 bits per heavy atom. The van der Waals surface area contributed by atoms with E-state index in [-0.39, 0.29) is 11.9 Å². The molecule has 0 aliphatic carbocycles. The van der Waals surface area contributed by atoms with Gasteiger partial charge >= 0.3 is 5.97 Å². The van der Waals surface area contributed by atoms with Crippen LogP contribution in [0.15, 0.2) is 24.3 Å². The molecule has 0 radical (unpaired) electrons. The molecule has 0 saturated heterocycles. The average molecular weight is 249 g/mol. The topological polar surface area (TPSA) is 64.6 Å². The predicted octanol–water partition coefficient (Wildman–Crippen LogP) is 1.73. The van der Waals surface area contributed by atoms with E-state index in [2.05, 4.69) is 10.1 Å². The first-order chi connectivity index (χ1) is 8.70. The van der Waals surface area contributed by atoms with Gasteiger partial charge in [-0.1, -0.05) is 12.1 Å². The Kier molecular flexibility index (Phi) is 3.82. The lowest BCUT2D eigenvalue weighted by atomic mass is 10.1. The van der Waals surface area contributed by atoms with Crippen molar-refractivity contribution in [2.75, 3.05) is 12.4 Å². The molecule has 0 aromatic heterocycles. The molecule has 1 amide bonds. The van der Waals surface area contributed by atoms with Gasteiger partial charge in [0, 0.05) is 6.42 Å². The van der Waals surface area contributed by atoms with Crippen LogP contribution in [0.4, 0.5) is 5.69 Å². The zero-order valence-corrected chi connectivity index (χ0v) is 10.1. The molecule has 5 nitrogen and oxygen atoms in total. The van der Waals surface area contributed by atoms with Gasteiger partial charge in [0.15, 0.2) is 6.10 Å². The van der Waals surface area contributed by atoms with Crippen LogP contribution in [-0.4, -0.2) is 25.1 Å². The highest BCUT2D eigenvalue weighted by atomic mass is 16.5. The lowest BCUT2D eigenvalue weighted by Gasteiger charge is -2.25. The van der Waals surface area contributed by atoms with Gasteiger partial charge in [-0.15, -0.1) is 0 Å². The first-order valence-corrected chi connectivity index (χ1v) is 5.84. The van der Waals surface area contributed by atoms with E-state index in [1.54, 1.807) is 6.07 Å². The van der Waals surface area contributed by atoms with Crippen molar-refractivity contribution in [3.63, 3.8) is 0 Å². The van der Waals surface area contributed by atoms with Gasteiger partial charge in [0.25, 0.3) is 5.91 Å². The van der Waals surface area contributed by atoms with Crippen molar-refractivity contribution >= 4 is 17.6 Å². The first-order valence-electron chi connectivity index (χ1n) is 5.84. The summed E-state index contributed by atoms with van der Waals surface area (Å²) in [5, 5.41) is 2.78. The minimum Gasteiger partial charge on any atom is -0.478 e. The maximum absolute atomic E-state index is 11.7. The van der Waals surface area contributed by atoms with E-state index < -0.39 is 6.10 Å². The number of ether oxygens (including phenoxy) is 2. The standard InChI is InChI=1S/C13H15NO4/c1-17-12(15)8-4-7-11-13(16)14-9-5-2-3-6-10(9)18-11/h2-3,5-6,11H,4,7-8H2,1H3,(H,14,16). The number of carbonyl (C=O) groups is 2. The van der Waals surface area contributed by atoms with Crippen LogP contribution in [-0.2, 0) is 14.3 Å². The molecule has 1 heterocycles. The Bertz CT molecular complexity index is 458. The summed E-state index contributed by atoms with van der Waals surface area (Å²) in [6, 6.07) is 7.28. The molecule has 0 spiro atoms. The van der Waals surface area contributed by atoms with Crippen molar-refractivity contribution in [3.05, 3.63) is 24.3 Å². The molecule has 18 heavy (non-hydrogen) atoms. The Hall–Kier alpha value is -2.04. The zero-order chi connectivity index (χ0) is 13.0. The monoisotopic (exact) mass is 249 g/mol. The molecule has 96 valence electrons. The Morgan fingerprint density at radius 1 is 1.44 bits per heavy atom. The number of hydrogen-bond acceptors (Lipinski definition) is 4. The summed E-state index contributed by atoms with van der Waals surface area (Å²) in [6.45, 7) is 0. The van der Waals surface area contributed by atoms with Crippen molar-refractivity contribution in [1.82, 2.24) is 0 Å². The minimum atomic E-state index is -0.537. The molecular formula is C13H15NO4. The highest BCUT2D eigenvalue weighted by Gasteiger charge is 2.26. The number of anilines is 1. The van der Waals surface area contributed by atoms with Gasteiger partial charge in [-0.05, 0) is 25.0 Å². The van der Waals surface area contributed by atoms with Crippen molar-refractivity contribution in [3.8, 4) is 5.75 Å². The van der Waals surface area contributed by atoms with Crippen LogP contribution in [0, 0.1) is 0 Å². The molecule has 0 fully saturated rings. The summed E-state index contributed by atoms with van der Waals surface area (Å²) in [4.78, 5) is 22.7.